The van der Waals surface area contributed by atoms with Crippen LogP contribution in [0, 0.1) is 11.6 Å². The Hall–Kier alpha value is -4.81. The molecule has 1 aliphatic heterocycles. The van der Waals surface area contributed by atoms with E-state index in [-0.39, 0.29) is 79.3 Å². The molecule has 0 radical (unpaired) electrons. The minimum atomic E-state index is -4.62. The van der Waals surface area contributed by atoms with Gasteiger partial charge in [0.25, 0.3) is 0 Å². The topological polar surface area (TPSA) is 89.3 Å². The summed E-state index contributed by atoms with van der Waals surface area (Å²) in [5.74, 6) is -3.17. The van der Waals surface area contributed by atoms with E-state index in [0.29, 0.717) is 0 Å². The number of phenolic OH excluding ortho intramolecular Hbond substituents is 1. The fraction of sp³-hybridized carbons (Fsp3) is 0.312. The maximum atomic E-state index is 15.9. The average molecular weight is 628 g/mol. The zero-order valence-corrected chi connectivity index (χ0v) is 24.5. The van der Waals surface area contributed by atoms with E-state index in [1.165, 1.54) is 43.5 Å². The van der Waals surface area contributed by atoms with Gasteiger partial charge in [0.1, 0.15) is 23.1 Å². The van der Waals surface area contributed by atoms with Gasteiger partial charge in [0.05, 0.1) is 22.2 Å². The number of hydrogen-bond acceptors (Lipinski definition) is 5. The van der Waals surface area contributed by atoms with Crippen LogP contribution in [0.3, 0.4) is 0 Å². The summed E-state index contributed by atoms with van der Waals surface area (Å²) in [6, 6.07) is 9.43. The molecule has 1 aromatic heterocycles. The molecule has 1 unspecified atom stereocenters. The molecule has 1 atom stereocenters. The highest BCUT2D eigenvalue weighted by Gasteiger charge is 2.65. The fourth-order valence-electron chi connectivity index (χ4n) is 5.89. The summed E-state index contributed by atoms with van der Waals surface area (Å²) < 4.78 is 73.8. The van der Waals surface area contributed by atoms with E-state index in [2.05, 4.69) is 16.6 Å². The third kappa shape index (κ3) is 5.51. The zero-order valence-electron chi connectivity index (χ0n) is 24.5. The number of halogens is 5. The Balaban J connectivity index is 1.73. The summed E-state index contributed by atoms with van der Waals surface area (Å²) in [6.45, 7) is 6.07. The molecule has 5 rings (SSSR count). The van der Waals surface area contributed by atoms with Gasteiger partial charge in [-0.05, 0) is 55.7 Å². The van der Waals surface area contributed by atoms with E-state index in [4.69, 9.17) is 0 Å². The van der Waals surface area contributed by atoms with Crippen LogP contribution >= 0.6 is 0 Å². The molecule has 1 saturated heterocycles. The molecule has 2 fully saturated rings. The molecule has 45 heavy (non-hydrogen) atoms. The van der Waals surface area contributed by atoms with Gasteiger partial charge in [-0.15, -0.1) is 0 Å². The highest BCUT2D eigenvalue weighted by atomic mass is 19.4. The normalized spacial score (nSPS) is 18.0. The van der Waals surface area contributed by atoms with Crippen molar-refractivity contribution < 1.29 is 36.6 Å². The molecule has 13 heteroatoms. The smallest absolute Gasteiger partial charge is 0.398 e. The van der Waals surface area contributed by atoms with E-state index >= 15 is 4.39 Å². The van der Waals surface area contributed by atoms with Gasteiger partial charge >= 0.3 is 6.18 Å². The lowest BCUT2D eigenvalue weighted by Gasteiger charge is -2.41. The number of carbonyl (C=O) groups is 2. The number of aromatic hydroxyl groups is 1. The van der Waals surface area contributed by atoms with Crippen molar-refractivity contribution in [1.82, 2.24) is 14.8 Å². The molecular weight excluding hydrogens is 597 g/mol. The second kappa shape index (κ2) is 11.9. The van der Waals surface area contributed by atoms with Gasteiger partial charge in [0.15, 0.2) is 11.6 Å². The molecule has 2 aliphatic rings. The first-order valence-corrected chi connectivity index (χ1v) is 14.1. The first kappa shape index (κ1) is 31.6. The van der Waals surface area contributed by atoms with Crippen LogP contribution in [0.15, 0.2) is 66.2 Å². The molecule has 2 aromatic carbocycles. The zero-order chi connectivity index (χ0) is 32.7. The predicted molar refractivity (Wildman–Crippen MR) is 158 cm³/mol. The van der Waals surface area contributed by atoms with Crippen LogP contribution < -0.4 is 4.90 Å². The van der Waals surface area contributed by atoms with Gasteiger partial charge in [-0.2, -0.15) is 13.2 Å². The first-order chi connectivity index (χ1) is 21.4. The van der Waals surface area contributed by atoms with Crippen LogP contribution in [0.2, 0.25) is 0 Å². The minimum Gasteiger partial charge on any atom is -0.507 e. The van der Waals surface area contributed by atoms with Crippen molar-refractivity contribution in [3.05, 3.63) is 83.9 Å². The number of phenols is 1. The number of rotatable bonds is 7. The number of amidine groups is 1. The fourth-order valence-corrected chi connectivity index (χ4v) is 5.89. The lowest BCUT2D eigenvalue weighted by Crippen LogP contribution is -2.55. The van der Waals surface area contributed by atoms with E-state index < -0.39 is 40.2 Å². The number of aromatic nitrogens is 1. The Kier molecular flexibility index (Phi) is 8.39. The predicted octanol–water partition coefficient (Wildman–Crippen LogP) is 5.72. The van der Waals surface area contributed by atoms with Crippen molar-refractivity contribution in [3.8, 4) is 17.0 Å². The summed E-state index contributed by atoms with van der Waals surface area (Å²) in [5.41, 5.74) is -3.81. The number of aliphatic imine (C=N–C) groups is 1. The van der Waals surface area contributed by atoms with Crippen LogP contribution in [0.5, 0.6) is 5.75 Å². The first-order valence-electron chi connectivity index (χ1n) is 14.1. The number of carbonyl (C=O) groups excluding carboxylic acids is 2. The number of amides is 2. The third-order valence-electron chi connectivity index (χ3n) is 8.33. The average Bonchev–Trinajstić information content (AvgIpc) is 3.82. The Morgan fingerprint density at radius 2 is 1.84 bits per heavy atom. The molecule has 2 amide bonds. The summed E-state index contributed by atoms with van der Waals surface area (Å²) in [7, 11) is 1.42. The van der Waals surface area contributed by atoms with Crippen LogP contribution in [-0.2, 0) is 15.0 Å². The number of hydrogen-bond donors (Lipinski definition) is 1. The van der Waals surface area contributed by atoms with Crippen molar-refractivity contribution in [2.45, 2.75) is 37.4 Å². The number of pyridine rings is 1. The quantitative estimate of drug-likeness (QED) is 0.119. The lowest BCUT2D eigenvalue weighted by molar-refractivity contribution is -0.160. The van der Waals surface area contributed by atoms with Crippen molar-refractivity contribution in [3.63, 3.8) is 0 Å². The van der Waals surface area contributed by atoms with E-state index in [1.54, 1.807) is 16.7 Å². The van der Waals surface area contributed by atoms with Crippen molar-refractivity contribution in [2.75, 3.05) is 31.6 Å². The molecule has 8 nitrogen and oxygen atoms in total. The van der Waals surface area contributed by atoms with Gasteiger partial charge in [-0.1, -0.05) is 30.8 Å². The Morgan fingerprint density at radius 3 is 2.42 bits per heavy atom. The molecule has 1 N–H and O–H groups in total. The van der Waals surface area contributed by atoms with Gasteiger partial charge in [-0.3, -0.25) is 19.5 Å². The number of benzene rings is 2. The second-order valence-electron chi connectivity index (χ2n) is 11.0. The largest absolute Gasteiger partial charge is 0.507 e. The van der Waals surface area contributed by atoms with E-state index in [1.807, 2.05) is 0 Å². The maximum Gasteiger partial charge on any atom is 0.398 e. The third-order valence-corrected chi connectivity index (χ3v) is 8.33. The monoisotopic (exact) mass is 627 g/mol. The van der Waals surface area contributed by atoms with Crippen LogP contribution in [-0.4, -0.2) is 76.9 Å². The molecule has 3 aromatic rings. The van der Waals surface area contributed by atoms with Crippen LogP contribution in [0.25, 0.3) is 11.3 Å². The Morgan fingerprint density at radius 1 is 1.13 bits per heavy atom. The summed E-state index contributed by atoms with van der Waals surface area (Å²) in [5, 5.41) is 10.4. The SMILES string of the molecule is C=CC(=O)N1CCN(/C(=N/C)c2cc(F)c(-c3c(O)cccc3F)nc2N(C=O)c2ccccc2C2(C(F)(F)F)CC2)C(C)C1. The summed E-state index contributed by atoms with van der Waals surface area (Å²) in [6.07, 6.45) is -3.54. The highest BCUT2D eigenvalue weighted by molar-refractivity contribution is 6.07. The molecular formula is C32H30F5N5O3. The highest BCUT2D eigenvalue weighted by Crippen LogP contribution is 2.61. The molecule has 0 bridgehead atoms. The molecule has 1 aliphatic carbocycles. The van der Waals surface area contributed by atoms with Crippen molar-refractivity contribution in [1.29, 1.82) is 0 Å². The van der Waals surface area contributed by atoms with Crippen LogP contribution in [0.4, 0.5) is 33.5 Å². The van der Waals surface area contributed by atoms with Gasteiger partial charge < -0.3 is 14.9 Å². The second-order valence-corrected chi connectivity index (χ2v) is 11.0. The minimum absolute atomic E-state index is 0.0660. The number of anilines is 2. The lowest BCUT2D eigenvalue weighted by atomic mass is 9.93. The number of piperazine rings is 1. The Labute approximate surface area is 256 Å². The van der Waals surface area contributed by atoms with E-state index in [9.17, 15) is 32.3 Å². The Bertz CT molecular complexity index is 1670. The number of para-hydroxylation sites is 1. The molecule has 236 valence electrons. The molecule has 2 heterocycles. The maximum absolute atomic E-state index is 15.9. The molecule has 0 spiro atoms. The summed E-state index contributed by atoms with van der Waals surface area (Å²) in [4.78, 5) is 38.0. The van der Waals surface area contributed by atoms with Crippen molar-refractivity contribution in [2.24, 2.45) is 4.99 Å². The van der Waals surface area contributed by atoms with E-state index in [0.717, 1.165) is 23.1 Å². The summed E-state index contributed by atoms with van der Waals surface area (Å²) >= 11 is 0. The van der Waals surface area contributed by atoms with Crippen LogP contribution in [0.1, 0.15) is 30.9 Å². The van der Waals surface area contributed by atoms with Gasteiger partial charge in [0, 0.05) is 32.7 Å². The van der Waals surface area contributed by atoms with Gasteiger partial charge in [-0.25, -0.2) is 13.8 Å². The molecule has 1 saturated carbocycles. The number of nitrogens with zero attached hydrogens (tertiary/aromatic N) is 5. The van der Waals surface area contributed by atoms with Crippen molar-refractivity contribution >= 4 is 29.7 Å². The standard InChI is InChI=1S/C32H30F5N5O3/c1-4-26(45)40-14-15-41(19(2)17-40)29(38-3)20-16-23(34)28(27-22(33)9-7-11-25(27)44)39-30(20)42(18-43)24-10-6-5-8-21(24)31(12-13-31)32(35,36)37/h4-11,16,18-19,44H,1,12-15,17H2,2-3H3/b38-29+. The van der Waals surface area contributed by atoms with Gasteiger partial charge in [0.2, 0.25) is 12.3 Å². The number of alkyl halides is 3.